The summed E-state index contributed by atoms with van der Waals surface area (Å²) in [6.45, 7) is 4.02. The average molecular weight is 270 g/mol. The number of unbranched alkanes of at least 4 members (excludes halogenated alkanes) is 1. The minimum Gasteiger partial charge on any atom is -0.331 e. The molecule has 5 nitrogen and oxygen atoms in total. The summed E-state index contributed by atoms with van der Waals surface area (Å²) in [5, 5.41) is 3.61. The van der Waals surface area contributed by atoms with E-state index in [2.05, 4.69) is 24.3 Å². The van der Waals surface area contributed by atoms with Crippen LogP contribution in [0.2, 0.25) is 0 Å². The smallest absolute Gasteiger partial charge is 0.319 e. The molecule has 5 heteroatoms. The van der Waals surface area contributed by atoms with Crippen LogP contribution >= 0.6 is 0 Å². The molecule has 1 aliphatic rings. The molecule has 0 spiro atoms. The highest BCUT2D eigenvalue weighted by Gasteiger charge is 2.22. The zero-order chi connectivity index (χ0) is 14.3. The Kier molecular flexibility index (Phi) is 7.16. The van der Waals surface area contributed by atoms with E-state index in [9.17, 15) is 4.79 Å². The molecule has 0 atom stereocenters. The number of likely N-dealkylation sites (tertiary alicyclic amines) is 1. The zero-order valence-electron chi connectivity index (χ0n) is 13.0. The van der Waals surface area contributed by atoms with Crippen molar-refractivity contribution in [2.45, 2.75) is 31.7 Å². The summed E-state index contributed by atoms with van der Waals surface area (Å²) in [7, 11) is 7.87. The SMILES string of the molecule is CN(C)CCCCNC1CCN(C(=O)N(C)C)CC1. The number of rotatable bonds is 6. The number of hydrogen-bond acceptors (Lipinski definition) is 3. The standard InChI is InChI=1S/C14H30N4O/c1-16(2)10-6-5-9-15-13-7-11-18(12-8-13)14(19)17(3)4/h13,15H,5-12H2,1-4H3. The topological polar surface area (TPSA) is 38.8 Å². The Morgan fingerprint density at radius 2 is 1.79 bits per heavy atom. The molecular formula is C14H30N4O. The molecule has 1 aliphatic heterocycles. The number of amides is 2. The van der Waals surface area contributed by atoms with Gasteiger partial charge < -0.3 is 20.0 Å². The Labute approximate surface area is 117 Å². The van der Waals surface area contributed by atoms with Gasteiger partial charge in [-0.05, 0) is 52.9 Å². The van der Waals surface area contributed by atoms with Gasteiger partial charge in [0.1, 0.15) is 0 Å². The van der Waals surface area contributed by atoms with Crippen molar-refractivity contribution in [2.75, 3.05) is 54.4 Å². The van der Waals surface area contributed by atoms with E-state index in [0.717, 1.165) is 39.0 Å². The largest absolute Gasteiger partial charge is 0.331 e. The molecule has 19 heavy (non-hydrogen) atoms. The predicted octanol–water partition coefficient (Wildman–Crippen LogP) is 1.06. The van der Waals surface area contributed by atoms with Crippen molar-refractivity contribution in [3.63, 3.8) is 0 Å². The van der Waals surface area contributed by atoms with Crippen LogP contribution < -0.4 is 5.32 Å². The van der Waals surface area contributed by atoms with Crippen LogP contribution in [-0.4, -0.2) is 81.1 Å². The maximum absolute atomic E-state index is 11.8. The lowest BCUT2D eigenvalue weighted by atomic mass is 10.1. The highest BCUT2D eigenvalue weighted by molar-refractivity contribution is 5.73. The molecule has 0 aromatic heterocycles. The normalized spacial score (nSPS) is 17.0. The van der Waals surface area contributed by atoms with Crippen molar-refractivity contribution in [3.8, 4) is 0 Å². The molecule has 112 valence electrons. The molecule has 0 radical (unpaired) electrons. The summed E-state index contributed by atoms with van der Waals surface area (Å²) in [6.07, 6.45) is 4.63. The Morgan fingerprint density at radius 1 is 1.16 bits per heavy atom. The molecular weight excluding hydrogens is 240 g/mol. The Balaban J connectivity index is 2.08. The van der Waals surface area contributed by atoms with Gasteiger partial charge in [0.25, 0.3) is 0 Å². The first-order valence-corrected chi connectivity index (χ1v) is 7.35. The Morgan fingerprint density at radius 3 is 2.32 bits per heavy atom. The van der Waals surface area contributed by atoms with E-state index >= 15 is 0 Å². The lowest BCUT2D eigenvalue weighted by Crippen LogP contribution is -2.48. The highest BCUT2D eigenvalue weighted by atomic mass is 16.2. The number of carbonyl (C=O) groups is 1. The van der Waals surface area contributed by atoms with E-state index < -0.39 is 0 Å². The van der Waals surface area contributed by atoms with E-state index in [-0.39, 0.29) is 6.03 Å². The molecule has 1 heterocycles. The molecule has 0 aromatic carbocycles. The van der Waals surface area contributed by atoms with Crippen LogP contribution in [0.25, 0.3) is 0 Å². The summed E-state index contributed by atoms with van der Waals surface area (Å²) in [5.41, 5.74) is 0. The second kappa shape index (κ2) is 8.38. The van der Waals surface area contributed by atoms with Gasteiger partial charge in [0, 0.05) is 33.2 Å². The van der Waals surface area contributed by atoms with Gasteiger partial charge in [-0.1, -0.05) is 0 Å². The maximum Gasteiger partial charge on any atom is 0.319 e. The molecule has 2 amide bonds. The molecule has 0 unspecified atom stereocenters. The lowest BCUT2D eigenvalue weighted by Gasteiger charge is -2.34. The highest BCUT2D eigenvalue weighted by Crippen LogP contribution is 2.11. The third kappa shape index (κ3) is 6.25. The van der Waals surface area contributed by atoms with E-state index in [1.807, 2.05) is 19.0 Å². The number of urea groups is 1. The molecule has 1 saturated heterocycles. The summed E-state index contributed by atoms with van der Waals surface area (Å²) >= 11 is 0. The fraction of sp³-hybridized carbons (Fsp3) is 0.929. The molecule has 0 aliphatic carbocycles. The number of nitrogens with one attached hydrogen (secondary N) is 1. The second-order valence-corrected chi connectivity index (χ2v) is 5.90. The Bertz CT molecular complexity index is 260. The van der Waals surface area contributed by atoms with Crippen LogP contribution in [-0.2, 0) is 0 Å². The summed E-state index contributed by atoms with van der Waals surface area (Å²) in [6, 6.07) is 0.731. The zero-order valence-corrected chi connectivity index (χ0v) is 13.0. The first-order chi connectivity index (χ1) is 9.00. The van der Waals surface area contributed by atoms with Crippen LogP contribution in [0.1, 0.15) is 25.7 Å². The van der Waals surface area contributed by atoms with Gasteiger partial charge in [0.05, 0.1) is 0 Å². The van der Waals surface area contributed by atoms with E-state index in [1.54, 1.807) is 4.90 Å². The van der Waals surface area contributed by atoms with Gasteiger partial charge in [-0.25, -0.2) is 4.79 Å². The van der Waals surface area contributed by atoms with Gasteiger partial charge >= 0.3 is 6.03 Å². The third-order valence-electron chi connectivity index (χ3n) is 3.61. The monoisotopic (exact) mass is 270 g/mol. The maximum atomic E-state index is 11.8. The summed E-state index contributed by atoms with van der Waals surface area (Å²) < 4.78 is 0. The van der Waals surface area contributed by atoms with Crippen molar-refractivity contribution < 1.29 is 4.79 Å². The van der Waals surface area contributed by atoms with Crippen LogP contribution in [0.5, 0.6) is 0 Å². The van der Waals surface area contributed by atoms with Gasteiger partial charge in [0.15, 0.2) is 0 Å². The number of nitrogens with zero attached hydrogens (tertiary/aromatic N) is 3. The molecule has 1 fully saturated rings. The van der Waals surface area contributed by atoms with Crippen molar-refractivity contribution in [1.82, 2.24) is 20.0 Å². The van der Waals surface area contributed by atoms with E-state index in [1.165, 1.54) is 12.8 Å². The number of carbonyl (C=O) groups excluding carboxylic acids is 1. The molecule has 1 N–H and O–H groups in total. The molecule has 0 bridgehead atoms. The van der Waals surface area contributed by atoms with Crippen LogP contribution in [0.15, 0.2) is 0 Å². The average Bonchev–Trinajstić information content (AvgIpc) is 2.37. The van der Waals surface area contributed by atoms with Crippen molar-refractivity contribution in [2.24, 2.45) is 0 Å². The van der Waals surface area contributed by atoms with E-state index in [0.29, 0.717) is 6.04 Å². The fourth-order valence-electron chi connectivity index (χ4n) is 2.42. The van der Waals surface area contributed by atoms with Gasteiger partial charge in [0.2, 0.25) is 0 Å². The Hall–Kier alpha value is -0.810. The van der Waals surface area contributed by atoms with Gasteiger partial charge in [-0.3, -0.25) is 0 Å². The van der Waals surface area contributed by atoms with E-state index in [4.69, 9.17) is 0 Å². The predicted molar refractivity (Wildman–Crippen MR) is 79.5 cm³/mol. The summed E-state index contributed by atoms with van der Waals surface area (Å²) in [5.74, 6) is 0. The van der Waals surface area contributed by atoms with Crippen LogP contribution in [0.4, 0.5) is 4.79 Å². The number of hydrogen-bond donors (Lipinski definition) is 1. The lowest BCUT2D eigenvalue weighted by molar-refractivity contribution is 0.152. The third-order valence-corrected chi connectivity index (χ3v) is 3.61. The quantitative estimate of drug-likeness (QED) is 0.734. The number of piperidine rings is 1. The van der Waals surface area contributed by atoms with Gasteiger partial charge in [-0.2, -0.15) is 0 Å². The first kappa shape index (κ1) is 16.2. The molecule has 1 rings (SSSR count). The fourth-order valence-corrected chi connectivity index (χ4v) is 2.42. The van der Waals surface area contributed by atoms with Crippen LogP contribution in [0.3, 0.4) is 0 Å². The van der Waals surface area contributed by atoms with Crippen molar-refractivity contribution in [3.05, 3.63) is 0 Å². The van der Waals surface area contributed by atoms with Crippen molar-refractivity contribution >= 4 is 6.03 Å². The molecule has 0 saturated carbocycles. The van der Waals surface area contributed by atoms with Gasteiger partial charge in [-0.15, -0.1) is 0 Å². The molecule has 0 aromatic rings. The van der Waals surface area contributed by atoms with Crippen molar-refractivity contribution in [1.29, 1.82) is 0 Å². The minimum absolute atomic E-state index is 0.143. The van der Waals surface area contributed by atoms with Crippen LogP contribution in [0, 0.1) is 0 Å². The first-order valence-electron chi connectivity index (χ1n) is 7.35. The minimum atomic E-state index is 0.143. The summed E-state index contributed by atoms with van der Waals surface area (Å²) in [4.78, 5) is 17.6. The second-order valence-electron chi connectivity index (χ2n) is 5.90.